The molecule has 24 heavy (non-hydrogen) atoms. The molecule has 0 amide bonds. The molecule has 2 aromatic rings. The smallest absolute Gasteiger partial charge is 0.119 e. The first-order chi connectivity index (χ1) is 10.7. The van der Waals surface area contributed by atoms with E-state index >= 15 is 0 Å². The highest BCUT2D eigenvalue weighted by atomic mass is 35.5. The molecule has 1 atom stereocenters. The van der Waals surface area contributed by atoms with E-state index in [2.05, 4.69) is 47.4 Å². The summed E-state index contributed by atoms with van der Waals surface area (Å²) in [5, 5.41) is 4.75. The molecule has 1 fully saturated rings. The molecule has 1 aliphatic rings. The van der Waals surface area contributed by atoms with Gasteiger partial charge in [-0.3, -0.25) is 4.90 Å². The molecule has 0 spiro atoms. The molecule has 6 heteroatoms. The Kier molecular flexibility index (Phi) is 8.37. The maximum Gasteiger partial charge on any atom is 0.119 e. The second-order valence-corrected chi connectivity index (χ2v) is 6.59. The van der Waals surface area contributed by atoms with Gasteiger partial charge in [-0.15, -0.1) is 24.8 Å². The van der Waals surface area contributed by atoms with Gasteiger partial charge in [-0.25, -0.2) is 0 Å². The highest BCUT2D eigenvalue weighted by Crippen LogP contribution is 2.34. The van der Waals surface area contributed by atoms with E-state index in [-0.39, 0.29) is 24.8 Å². The number of nitrogens with zero attached hydrogens (tertiary/aromatic N) is 1. The Morgan fingerprint density at radius 1 is 1.17 bits per heavy atom. The summed E-state index contributed by atoms with van der Waals surface area (Å²) in [4.78, 5) is 6.06. The van der Waals surface area contributed by atoms with Crippen molar-refractivity contribution in [1.29, 1.82) is 0 Å². The fourth-order valence-corrected chi connectivity index (χ4v) is 3.44. The number of H-pyrrole nitrogens is 1. The summed E-state index contributed by atoms with van der Waals surface area (Å²) in [5.74, 6) is 1.60. The summed E-state index contributed by atoms with van der Waals surface area (Å²) in [6.45, 7) is 9.03. The van der Waals surface area contributed by atoms with Crippen molar-refractivity contribution in [2.24, 2.45) is 5.92 Å². The molecule has 1 saturated heterocycles. The molecule has 4 nitrogen and oxygen atoms in total. The zero-order valence-electron chi connectivity index (χ0n) is 14.7. The molecule has 1 aromatic heterocycles. The van der Waals surface area contributed by atoms with Crippen LogP contribution in [0.2, 0.25) is 0 Å². The molecule has 0 radical (unpaired) electrons. The van der Waals surface area contributed by atoms with Crippen LogP contribution in [0, 0.1) is 5.92 Å². The van der Waals surface area contributed by atoms with Crippen molar-refractivity contribution in [1.82, 2.24) is 15.2 Å². The maximum atomic E-state index is 5.42. The lowest BCUT2D eigenvalue weighted by atomic mass is 9.94. The van der Waals surface area contributed by atoms with Gasteiger partial charge >= 0.3 is 0 Å². The summed E-state index contributed by atoms with van der Waals surface area (Å²) in [7, 11) is 1.73. The minimum atomic E-state index is 0. The van der Waals surface area contributed by atoms with Crippen LogP contribution in [-0.2, 0) is 0 Å². The van der Waals surface area contributed by atoms with Gasteiger partial charge in [-0.2, -0.15) is 0 Å². The molecule has 1 aliphatic heterocycles. The van der Waals surface area contributed by atoms with Crippen molar-refractivity contribution in [3.8, 4) is 5.75 Å². The fourth-order valence-electron chi connectivity index (χ4n) is 3.44. The highest BCUT2D eigenvalue weighted by molar-refractivity contribution is 5.86. The van der Waals surface area contributed by atoms with Gasteiger partial charge in [0.05, 0.1) is 7.11 Å². The number of ether oxygens (including phenoxy) is 1. The van der Waals surface area contributed by atoms with Crippen LogP contribution in [0.5, 0.6) is 5.75 Å². The SMILES string of the molecule is COc1ccc2[nH]cc([C@@H](CC(C)C)N3CCNCC3)c2c1.Cl.Cl. The number of hydrogen-bond acceptors (Lipinski definition) is 3. The van der Waals surface area contributed by atoms with Crippen molar-refractivity contribution in [3.05, 3.63) is 30.0 Å². The number of fused-ring (bicyclic) bond motifs is 1. The summed E-state index contributed by atoms with van der Waals surface area (Å²) < 4.78 is 5.42. The lowest BCUT2D eigenvalue weighted by Crippen LogP contribution is -2.45. The topological polar surface area (TPSA) is 40.3 Å². The van der Waals surface area contributed by atoms with Crippen molar-refractivity contribution >= 4 is 35.7 Å². The minimum absolute atomic E-state index is 0. The molecule has 3 rings (SSSR count). The van der Waals surface area contributed by atoms with Crippen molar-refractivity contribution in [3.63, 3.8) is 0 Å². The van der Waals surface area contributed by atoms with Gasteiger partial charge in [0.2, 0.25) is 0 Å². The van der Waals surface area contributed by atoms with Gasteiger partial charge in [-0.1, -0.05) is 13.8 Å². The minimum Gasteiger partial charge on any atom is -0.497 e. The normalized spacial score (nSPS) is 16.5. The molecule has 1 aromatic carbocycles. The van der Waals surface area contributed by atoms with Crippen molar-refractivity contribution in [2.75, 3.05) is 33.3 Å². The number of benzene rings is 1. The van der Waals surface area contributed by atoms with Crippen molar-refractivity contribution < 1.29 is 4.74 Å². The van der Waals surface area contributed by atoms with E-state index in [1.54, 1.807) is 7.11 Å². The second-order valence-electron chi connectivity index (χ2n) is 6.59. The van der Waals surface area contributed by atoms with Crippen molar-refractivity contribution in [2.45, 2.75) is 26.3 Å². The summed E-state index contributed by atoms with van der Waals surface area (Å²) >= 11 is 0. The largest absolute Gasteiger partial charge is 0.497 e. The summed E-state index contributed by atoms with van der Waals surface area (Å²) in [6, 6.07) is 6.77. The average Bonchev–Trinajstić information content (AvgIpc) is 2.96. The van der Waals surface area contributed by atoms with E-state index in [0.717, 1.165) is 31.9 Å². The second kappa shape index (κ2) is 9.52. The van der Waals surface area contributed by atoms with Gasteiger partial charge in [0, 0.05) is 49.3 Å². The molecule has 2 N–H and O–H groups in total. The van der Waals surface area contributed by atoms with E-state index in [9.17, 15) is 0 Å². The number of nitrogens with one attached hydrogen (secondary N) is 2. The predicted octanol–water partition coefficient (Wildman–Crippen LogP) is 4.01. The number of aromatic nitrogens is 1. The Labute approximate surface area is 157 Å². The monoisotopic (exact) mass is 373 g/mol. The molecule has 136 valence electrons. The van der Waals surface area contributed by atoms with Gasteiger partial charge < -0.3 is 15.0 Å². The summed E-state index contributed by atoms with van der Waals surface area (Å²) in [5.41, 5.74) is 2.60. The van der Waals surface area contributed by atoms with E-state index < -0.39 is 0 Å². The number of aromatic amines is 1. The number of methoxy groups -OCH3 is 1. The zero-order valence-corrected chi connectivity index (χ0v) is 16.3. The molecule has 0 saturated carbocycles. The first kappa shape index (κ1) is 21.1. The number of hydrogen-bond donors (Lipinski definition) is 2. The maximum absolute atomic E-state index is 5.42. The number of piperazine rings is 1. The first-order valence-corrected chi connectivity index (χ1v) is 8.29. The molecule has 2 heterocycles. The Morgan fingerprint density at radius 2 is 1.88 bits per heavy atom. The van der Waals surface area contributed by atoms with Gasteiger partial charge in [-0.05, 0) is 36.1 Å². The van der Waals surface area contributed by atoms with E-state index in [4.69, 9.17) is 4.74 Å². The van der Waals surface area contributed by atoms with Gasteiger partial charge in [0.15, 0.2) is 0 Å². The van der Waals surface area contributed by atoms with Crippen LogP contribution >= 0.6 is 24.8 Å². The van der Waals surface area contributed by atoms with Crippen LogP contribution in [-0.4, -0.2) is 43.2 Å². The third-order valence-corrected chi connectivity index (χ3v) is 4.57. The summed E-state index contributed by atoms with van der Waals surface area (Å²) in [6.07, 6.45) is 3.38. The predicted molar refractivity (Wildman–Crippen MR) is 106 cm³/mol. The third-order valence-electron chi connectivity index (χ3n) is 4.57. The van der Waals surface area contributed by atoms with E-state index in [0.29, 0.717) is 12.0 Å². The van der Waals surface area contributed by atoms with Gasteiger partial charge in [0.25, 0.3) is 0 Å². The Hall–Kier alpha value is -0.940. The van der Waals surface area contributed by atoms with E-state index in [1.165, 1.54) is 22.9 Å². The Bertz CT molecular complexity index is 624. The van der Waals surface area contributed by atoms with Crippen LogP contribution < -0.4 is 10.1 Å². The lowest BCUT2D eigenvalue weighted by Gasteiger charge is -2.36. The molecular weight excluding hydrogens is 345 g/mol. The lowest BCUT2D eigenvalue weighted by molar-refractivity contribution is 0.155. The van der Waals surface area contributed by atoms with Crippen LogP contribution in [0.4, 0.5) is 0 Å². The van der Waals surface area contributed by atoms with E-state index in [1.807, 2.05) is 6.07 Å². The quantitative estimate of drug-likeness (QED) is 0.831. The third kappa shape index (κ3) is 4.57. The van der Waals surface area contributed by atoms with Crippen LogP contribution in [0.15, 0.2) is 24.4 Å². The fraction of sp³-hybridized carbons (Fsp3) is 0.556. The molecule has 0 unspecified atom stereocenters. The highest BCUT2D eigenvalue weighted by Gasteiger charge is 2.25. The molecular formula is C18H29Cl2N3O. The first-order valence-electron chi connectivity index (χ1n) is 8.29. The standard InChI is InChI=1S/C18H27N3O.2ClH/c1-13(2)10-18(21-8-6-19-7-9-21)16-12-20-17-5-4-14(22-3)11-15(16)17;;/h4-5,11-13,18-20H,6-10H2,1-3H3;2*1H/t18-;;/m1../s1. The van der Waals surface area contributed by atoms with Crippen LogP contribution in [0.3, 0.4) is 0 Å². The van der Waals surface area contributed by atoms with Crippen LogP contribution in [0.1, 0.15) is 31.9 Å². The average molecular weight is 374 g/mol. The Balaban J connectivity index is 0.00000144. The van der Waals surface area contributed by atoms with Gasteiger partial charge in [0.1, 0.15) is 5.75 Å². The molecule has 0 aliphatic carbocycles. The zero-order chi connectivity index (χ0) is 15.5. The van der Waals surface area contributed by atoms with Crippen LogP contribution in [0.25, 0.3) is 10.9 Å². The number of rotatable bonds is 5. The Morgan fingerprint density at radius 3 is 2.50 bits per heavy atom. The molecule has 0 bridgehead atoms. The number of halogens is 2.